The van der Waals surface area contributed by atoms with E-state index in [9.17, 15) is 0 Å². The molecule has 0 aliphatic heterocycles. The largest absolute Gasteiger partial charge is 0.285 e. The summed E-state index contributed by atoms with van der Waals surface area (Å²) in [5.74, 6) is 0. The van der Waals surface area contributed by atoms with Gasteiger partial charge < -0.3 is 0 Å². The van der Waals surface area contributed by atoms with Gasteiger partial charge in [0.05, 0.1) is 6.20 Å². The minimum absolute atomic E-state index is 0. The van der Waals surface area contributed by atoms with E-state index in [1.54, 1.807) is 6.20 Å². The van der Waals surface area contributed by atoms with Gasteiger partial charge in [0.25, 0.3) is 0 Å². The lowest BCUT2D eigenvalue weighted by atomic mass is 10.4. The van der Waals surface area contributed by atoms with Gasteiger partial charge in [0.15, 0.2) is 0 Å². The molecule has 0 aliphatic rings. The van der Waals surface area contributed by atoms with Crippen LogP contribution in [-0.2, 0) is 0 Å². The van der Waals surface area contributed by atoms with Crippen LogP contribution in [-0.4, -0.2) is 15.1 Å². The average molecular weight is 354 g/mol. The predicted octanol–water partition coefficient (Wildman–Crippen LogP) is 2.63. The Labute approximate surface area is 87.5 Å². The molecule has 1 heterocycles. The molecule has 0 unspecified atom stereocenters. The lowest BCUT2D eigenvalue weighted by Crippen LogP contribution is -1.53. The van der Waals surface area contributed by atoms with Gasteiger partial charge in [-0.15, -0.1) is 24.0 Å². The maximum absolute atomic E-state index is 3.70. The second-order valence-corrected chi connectivity index (χ2v) is 1.28. The molecule has 0 amide bonds. The van der Waals surface area contributed by atoms with Gasteiger partial charge >= 0.3 is 0 Å². The average Bonchev–Trinajstić information content (AvgIpc) is 2.24. The number of aromatic nitrogens is 2. The fourth-order valence-corrected chi connectivity index (χ4v) is 0.315. The number of aryl methyl sites for hydroxylation is 1. The third kappa shape index (κ3) is 6.56. The highest BCUT2D eigenvalue weighted by molar-refractivity contribution is 14.1. The fraction of sp³-hybridized carbons (Fsp3) is 0.400. The van der Waals surface area contributed by atoms with E-state index >= 15 is 0 Å². The van der Waals surface area contributed by atoms with Gasteiger partial charge in [0.2, 0.25) is 0 Å². The third-order valence-corrected chi connectivity index (χ3v) is 0.635. The molecule has 1 aromatic rings. The number of alkyl halides is 1. The van der Waals surface area contributed by atoms with Gasteiger partial charge in [-0.2, -0.15) is 5.10 Å². The maximum Gasteiger partial charge on any atom is 0.0516 e. The molecule has 4 heteroatoms. The van der Waals surface area contributed by atoms with Gasteiger partial charge in [0.1, 0.15) is 0 Å². The summed E-state index contributed by atoms with van der Waals surface area (Å²) in [4.78, 5) is 1.97. The Balaban J connectivity index is -0.000000114. The monoisotopic (exact) mass is 354 g/mol. The van der Waals surface area contributed by atoms with Gasteiger partial charge in [-0.1, -0.05) is 22.6 Å². The minimum atomic E-state index is 0. The van der Waals surface area contributed by atoms with E-state index in [0.29, 0.717) is 0 Å². The Morgan fingerprint density at radius 1 is 1.67 bits per heavy atom. The van der Waals surface area contributed by atoms with Crippen molar-refractivity contribution in [3.8, 4) is 0 Å². The van der Waals surface area contributed by atoms with Crippen LogP contribution in [0.4, 0.5) is 0 Å². The number of hydrogen-bond donors (Lipinski definition) is 1. The lowest BCUT2D eigenvalue weighted by molar-refractivity contribution is 1.09. The molecule has 0 aromatic carbocycles. The minimum Gasteiger partial charge on any atom is -0.285 e. The molecule has 0 atom stereocenters. The molecule has 1 N–H and O–H groups in total. The van der Waals surface area contributed by atoms with Gasteiger partial charge in [0, 0.05) is 7.62 Å². The SMILES string of the molecule is CI.Cc1cn[nH]c1.I.[HH]. The highest BCUT2D eigenvalue weighted by Gasteiger charge is 1.74. The molecule has 1 rings (SSSR count). The Bertz CT molecular complexity index is 121. The van der Waals surface area contributed by atoms with Crippen molar-refractivity contribution in [1.29, 1.82) is 0 Å². The van der Waals surface area contributed by atoms with Crippen molar-refractivity contribution >= 4 is 46.6 Å². The summed E-state index contributed by atoms with van der Waals surface area (Å²) < 4.78 is 0. The molecular weight excluding hydrogens is 342 g/mol. The second kappa shape index (κ2) is 8.67. The van der Waals surface area contributed by atoms with Crippen molar-refractivity contribution in [2.45, 2.75) is 6.92 Å². The first kappa shape index (κ1) is 12.4. The Morgan fingerprint density at radius 3 is 2.33 bits per heavy atom. The van der Waals surface area contributed by atoms with Crippen molar-refractivity contribution in [1.82, 2.24) is 10.2 Å². The first-order valence-corrected chi connectivity index (χ1v) is 4.38. The van der Waals surface area contributed by atoms with Crippen molar-refractivity contribution in [3.05, 3.63) is 18.0 Å². The summed E-state index contributed by atoms with van der Waals surface area (Å²) in [7, 11) is 0. The Hall–Kier alpha value is 0.670. The van der Waals surface area contributed by atoms with E-state index in [4.69, 9.17) is 0 Å². The molecule has 1 aromatic heterocycles. The zero-order valence-electron chi connectivity index (χ0n) is 5.39. The summed E-state index contributed by atoms with van der Waals surface area (Å²) in [5, 5.41) is 6.38. The van der Waals surface area contributed by atoms with E-state index in [2.05, 4.69) is 32.8 Å². The van der Waals surface area contributed by atoms with E-state index in [0.717, 1.165) is 0 Å². The topological polar surface area (TPSA) is 28.7 Å². The molecule has 0 saturated heterocycles. The summed E-state index contributed by atoms with van der Waals surface area (Å²) in [6, 6.07) is 0. The number of H-pyrrole nitrogens is 1. The molecule has 2 nitrogen and oxygen atoms in total. The van der Waals surface area contributed by atoms with Crippen LogP contribution < -0.4 is 0 Å². The number of rotatable bonds is 0. The molecule has 0 radical (unpaired) electrons. The molecule has 9 heavy (non-hydrogen) atoms. The van der Waals surface area contributed by atoms with E-state index in [-0.39, 0.29) is 25.4 Å². The van der Waals surface area contributed by atoms with Crippen LogP contribution in [0.15, 0.2) is 12.4 Å². The predicted molar refractivity (Wildman–Crippen MR) is 60.8 cm³/mol. The maximum atomic E-state index is 3.70. The van der Waals surface area contributed by atoms with Crippen LogP contribution in [0.5, 0.6) is 0 Å². The highest BCUT2D eigenvalue weighted by atomic mass is 127. The van der Waals surface area contributed by atoms with Crippen molar-refractivity contribution in [3.63, 3.8) is 0 Å². The number of halogens is 2. The summed E-state index contributed by atoms with van der Waals surface area (Å²) in [5.41, 5.74) is 1.18. The Kier molecular flexibility index (Phi) is 11.9. The number of nitrogens with one attached hydrogen (secondary N) is 1. The molecule has 0 saturated carbocycles. The molecule has 0 spiro atoms. The number of aromatic amines is 1. The normalized spacial score (nSPS) is 6.56. The van der Waals surface area contributed by atoms with Crippen LogP contribution in [0, 0.1) is 6.92 Å². The third-order valence-electron chi connectivity index (χ3n) is 0.635. The second-order valence-electron chi connectivity index (χ2n) is 1.28. The quantitative estimate of drug-likeness (QED) is 0.563. The first-order valence-electron chi connectivity index (χ1n) is 2.23. The Morgan fingerprint density at radius 2 is 2.22 bits per heavy atom. The van der Waals surface area contributed by atoms with E-state index in [1.807, 2.05) is 18.1 Å². The number of hydrogen-bond acceptors (Lipinski definition) is 1. The van der Waals surface area contributed by atoms with Crippen molar-refractivity contribution < 1.29 is 1.43 Å². The van der Waals surface area contributed by atoms with Gasteiger partial charge in [-0.05, 0) is 17.4 Å². The van der Waals surface area contributed by atoms with Crippen LogP contribution in [0.25, 0.3) is 0 Å². The van der Waals surface area contributed by atoms with E-state index < -0.39 is 0 Å². The molecule has 56 valence electrons. The van der Waals surface area contributed by atoms with Crippen LogP contribution in [0.1, 0.15) is 6.99 Å². The summed E-state index contributed by atoms with van der Waals surface area (Å²) in [6.07, 6.45) is 3.62. The van der Waals surface area contributed by atoms with Crippen molar-refractivity contribution in [2.24, 2.45) is 0 Å². The highest BCUT2D eigenvalue weighted by Crippen LogP contribution is 1.84. The van der Waals surface area contributed by atoms with Crippen molar-refractivity contribution in [2.75, 3.05) is 4.93 Å². The zero-order valence-corrected chi connectivity index (χ0v) is 9.88. The number of nitrogens with zero attached hydrogens (tertiary/aromatic N) is 1. The smallest absolute Gasteiger partial charge is 0.0516 e. The standard InChI is InChI=1S/C4H6N2.CH3I.HI.H2/c1-4-2-5-6-3-4;1-2;;/h2-3H,1H3,(H,5,6);1H3;2*1H. The molecule has 0 fully saturated rings. The van der Waals surface area contributed by atoms with Gasteiger partial charge in [-0.3, -0.25) is 5.10 Å². The summed E-state index contributed by atoms with van der Waals surface area (Å²) in [6.45, 7) is 1.99. The fourth-order valence-electron chi connectivity index (χ4n) is 0.315. The van der Waals surface area contributed by atoms with Gasteiger partial charge in [-0.25, -0.2) is 0 Å². The zero-order chi connectivity index (χ0) is 6.41. The molecule has 0 bridgehead atoms. The van der Waals surface area contributed by atoms with E-state index in [1.165, 1.54) is 5.56 Å². The first-order chi connectivity index (χ1) is 3.89. The summed E-state index contributed by atoms with van der Waals surface area (Å²) >= 11 is 2.15. The van der Waals surface area contributed by atoms with Crippen LogP contribution in [0.2, 0.25) is 0 Å². The molecule has 0 aliphatic carbocycles. The lowest BCUT2D eigenvalue weighted by Gasteiger charge is -1.62. The van der Waals surface area contributed by atoms with Crippen LogP contribution in [0.3, 0.4) is 0 Å². The molecular formula is C5H12I2N2. The van der Waals surface area contributed by atoms with Crippen LogP contribution >= 0.6 is 46.6 Å².